The van der Waals surface area contributed by atoms with E-state index in [2.05, 4.69) is 33.8 Å². The Kier molecular flexibility index (Phi) is 3.22. The van der Waals surface area contributed by atoms with Crippen LogP contribution in [0, 0.1) is 22.7 Å². The molecule has 0 unspecified atom stereocenters. The van der Waals surface area contributed by atoms with Crippen molar-refractivity contribution in [1.82, 2.24) is 0 Å². The molecule has 0 aromatic rings. The van der Waals surface area contributed by atoms with Gasteiger partial charge in [0.2, 0.25) is 0 Å². The highest BCUT2D eigenvalue weighted by Crippen LogP contribution is 2.57. The first kappa shape index (κ1) is 12.9. The standard InChI is InChI=1S/C16H26O/c1-12-7-8-13-14(16(12,4)10-11-17)6-5-9-15(13,2)3/h8,11-12,14H,5-7,9-10H2,1-4H3/t12-,14-,16-/m0/s1. The third-order valence-corrected chi connectivity index (χ3v) is 5.59. The lowest BCUT2D eigenvalue weighted by Gasteiger charge is -2.52. The SMILES string of the molecule is C[C@H]1CC=C2[C@H](CCCC2(C)C)[C@@]1(C)CC=O. The molecule has 0 N–H and O–H groups in total. The zero-order chi connectivity index (χ0) is 12.7. The summed E-state index contributed by atoms with van der Waals surface area (Å²) in [4.78, 5) is 11.0. The van der Waals surface area contributed by atoms with Gasteiger partial charge in [0, 0.05) is 6.42 Å². The maximum absolute atomic E-state index is 11.0. The van der Waals surface area contributed by atoms with Gasteiger partial charge in [0.25, 0.3) is 0 Å². The molecular formula is C16H26O. The number of carbonyl (C=O) groups is 1. The Balaban J connectivity index is 2.38. The van der Waals surface area contributed by atoms with Crippen molar-refractivity contribution in [2.24, 2.45) is 22.7 Å². The van der Waals surface area contributed by atoms with Crippen LogP contribution in [-0.2, 0) is 4.79 Å². The molecule has 2 rings (SSSR count). The molecule has 0 radical (unpaired) electrons. The van der Waals surface area contributed by atoms with Crippen molar-refractivity contribution in [2.75, 3.05) is 0 Å². The molecule has 0 aliphatic heterocycles. The van der Waals surface area contributed by atoms with Gasteiger partial charge in [-0.2, -0.15) is 0 Å². The van der Waals surface area contributed by atoms with E-state index >= 15 is 0 Å². The van der Waals surface area contributed by atoms with Crippen molar-refractivity contribution in [3.05, 3.63) is 11.6 Å². The zero-order valence-electron chi connectivity index (χ0n) is 11.8. The highest BCUT2D eigenvalue weighted by atomic mass is 16.1. The molecule has 0 aromatic heterocycles. The largest absolute Gasteiger partial charge is 0.303 e. The molecule has 0 heterocycles. The molecule has 17 heavy (non-hydrogen) atoms. The molecule has 0 bridgehead atoms. The third kappa shape index (κ3) is 1.98. The van der Waals surface area contributed by atoms with Gasteiger partial charge in [-0.1, -0.05) is 45.8 Å². The van der Waals surface area contributed by atoms with Gasteiger partial charge >= 0.3 is 0 Å². The van der Waals surface area contributed by atoms with Crippen molar-refractivity contribution in [2.45, 2.75) is 59.8 Å². The van der Waals surface area contributed by atoms with Crippen LogP contribution in [0.1, 0.15) is 59.8 Å². The predicted molar refractivity (Wildman–Crippen MR) is 71.8 cm³/mol. The summed E-state index contributed by atoms with van der Waals surface area (Å²) < 4.78 is 0. The Morgan fingerprint density at radius 1 is 1.41 bits per heavy atom. The highest BCUT2D eigenvalue weighted by molar-refractivity contribution is 5.51. The van der Waals surface area contributed by atoms with Crippen LogP contribution < -0.4 is 0 Å². The molecule has 0 saturated heterocycles. The van der Waals surface area contributed by atoms with Crippen molar-refractivity contribution in [1.29, 1.82) is 0 Å². The summed E-state index contributed by atoms with van der Waals surface area (Å²) in [6.07, 6.45) is 9.41. The summed E-state index contributed by atoms with van der Waals surface area (Å²) >= 11 is 0. The Morgan fingerprint density at radius 2 is 2.12 bits per heavy atom. The predicted octanol–water partition coefficient (Wildman–Crippen LogP) is 4.37. The Labute approximate surface area is 106 Å². The van der Waals surface area contributed by atoms with Crippen LogP contribution in [0.2, 0.25) is 0 Å². The molecular weight excluding hydrogens is 208 g/mol. The monoisotopic (exact) mass is 234 g/mol. The second kappa shape index (κ2) is 4.26. The minimum absolute atomic E-state index is 0.198. The fourth-order valence-electron chi connectivity index (χ4n) is 4.06. The number of hydrogen-bond acceptors (Lipinski definition) is 1. The van der Waals surface area contributed by atoms with Gasteiger partial charge in [0.1, 0.15) is 6.29 Å². The molecule has 1 nitrogen and oxygen atoms in total. The molecule has 0 amide bonds. The van der Waals surface area contributed by atoms with Gasteiger partial charge in [0.15, 0.2) is 0 Å². The van der Waals surface area contributed by atoms with Gasteiger partial charge in [-0.15, -0.1) is 0 Å². The van der Waals surface area contributed by atoms with E-state index in [0.29, 0.717) is 17.3 Å². The lowest BCUT2D eigenvalue weighted by Crippen LogP contribution is -2.43. The van der Waals surface area contributed by atoms with Gasteiger partial charge in [-0.05, 0) is 41.9 Å². The van der Waals surface area contributed by atoms with E-state index < -0.39 is 0 Å². The van der Waals surface area contributed by atoms with Crippen molar-refractivity contribution >= 4 is 6.29 Å². The van der Waals surface area contributed by atoms with Crippen LogP contribution in [0.15, 0.2) is 11.6 Å². The van der Waals surface area contributed by atoms with Crippen molar-refractivity contribution in [3.63, 3.8) is 0 Å². The number of rotatable bonds is 2. The average molecular weight is 234 g/mol. The van der Waals surface area contributed by atoms with Gasteiger partial charge in [-0.25, -0.2) is 0 Å². The maximum Gasteiger partial charge on any atom is 0.120 e. The third-order valence-electron chi connectivity index (χ3n) is 5.59. The van der Waals surface area contributed by atoms with Crippen molar-refractivity contribution in [3.8, 4) is 0 Å². The van der Waals surface area contributed by atoms with Crippen LogP contribution in [0.4, 0.5) is 0 Å². The number of aldehydes is 1. The molecule has 96 valence electrons. The van der Waals surface area contributed by atoms with E-state index in [4.69, 9.17) is 0 Å². The minimum Gasteiger partial charge on any atom is -0.303 e. The van der Waals surface area contributed by atoms with Crippen LogP contribution in [0.3, 0.4) is 0 Å². The Hall–Kier alpha value is -0.590. The van der Waals surface area contributed by atoms with E-state index in [1.54, 1.807) is 5.57 Å². The number of fused-ring (bicyclic) bond motifs is 1. The second-order valence-corrected chi connectivity index (χ2v) is 7.00. The van der Waals surface area contributed by atoms with Crippen LogP contribution >= 0.6 is 0 Å². The normalized spacial score (nSPS) is 40.4. The van der Waals surface area contributed by atoms with E-state index in [0.717, 1.165) is 19.1 Å². The average Bonchev–Trinajstić information content (AvgIpc) is 2.24. The minimum atomic E-state index is 0.198. The fraction of sp³-hybridized carbons (Fsp3) is 0.812. The lowest BCUT2D eigenvalue weighted by molar-refractivity contribution is -0.111. The summed E-state index contributed by atoms with van der Waals surface area (Å²) in [5, 5.41) is 0. The van der Waals surface area contributed by atoms with E-state index in [-0.39, 0.29) is 5.41 Å². The molecule has 1 saturated carbocycles. The summed E-state index contributed by atoms with van der Waals surface area (Å²) in [5.74, 6) is 1.27. The van der Waals surface area contributed by atoms with Gasteiger partial charge < -0.3 is 4.79 Å². The Bertz CT molecular complexity index is 339. The molecule has 0 spiro atoms. The number of carbonyl (C=O) groups excluding carboxylic acids is 1. The van der Waals surface area contributed by atoms with E-state index in [1.165, 1.54) is 19.3 Å². The molecule has 2 aliphatic rings. The molecule has 3 atom stereocenters. The summed E-state index contributed by atoms with van der Waals surface area (Å²) in [5.41, 5.74) is 2.20. The van der Waals surface area contributed by atoms with Crippen LogP contribution in [0.5, 0.6) is 0 Å². The zero-order valence-corrected chi connectivity index (χ0v) is 11.8. The van der Waals surface area contributed by atoms with Crippen LogP contribution in [0.25, 0.3) is 0 Å². The molecule has 2 aliphatic carbocycles. The molecule has 1 heteroatoms. The first-order valence-electron chi connectivity index (χ1n) is 7.06. The van der Waals surface area contributed by atoms with Crippen LogP contribution in [-0.4, -0.2) is 6.29 Å². The first-order chi connectivity index (χ1) is 7.92. The number of allylic oxidation sites excluding steroid dienone is 2. The lowest BCUT2D eigenvalue weighted by atomic mass is 9.52. The second-order valence-electron chi connectivity index (χ2n) is 7.00. The summed E-state index contributed by atoms with van der Waals surface area (Å²) in [6.45, 7) is 9.41. The number of hydrogen-bond donors (Lipinski definition) is 0. The first-order valence-corrected chi connectivity index (χ1v) is 7.06. The van der Waals surface area contributed by atoms with Gasteiger partial charge in [-0.3, -0.25) is 0 Å². The molecule has 1 fully saturated rings. The maximum atomic E-state index is 11.0. The fourth-order valence-corrected chi connectivity index (χ4v) is 4.06. The molecule has 0 aromatic carbocycles. The van der Waals surface area contributed by atoms with E-state index in [9.17, 15) is 4.79 Å². The van der Waals surface area contributed by atoms with Crippen molar-refractivity contribution < 1.29 is 4.79 Å². The van der Waals surface area contributed by atoms with Gasteiger partial charge in [0.05, 0.1) is 0 Å². The summed E-state index contributed by atoms with van der Waals surface area (Å²) in [7, 11) is 0. The smallest absolute Gasteiger partial charge is 0.120 e. The van der Waals surface area contributed by atoms with E-state index in [1.807, 2.05) is 0 Å². The highest BCUT2D eigenvalue weighted by Gasteiger charge is 2.47. The summed E-state index contributed by atoms with van der Waals surface area (Å²) in [6, 6.07) is 0. The topological polar surface area (TPSA) is 17.1 Å². The Morgan fingerprint density at radius 3 is 2.76 bits per heavy atom. The quantitative estimate of drug-likeness (QED) is 0.512.